The van der Waals surface area contributed by atoms with Gasteiger partial charge in [-0.2, -0.15) is 0 Å². The van der Waals surface area contributed by atoms with Gasteiger partial charge in [-0.15, -0.1) is 5.10 Å². The Bertz CT molecular complexity index is 793. The number of ether oxygens (including phenoxy) is 3. The molecule has 1 aliphatic heterocycles. The van der Waals surface area contributed by atoms with Crippen LogP contribution in [0.1, 0.15) is 35.0 Å². The molecule has 2 heterocycles. The minimum Gasteiger partial charge on any atom is -0.610 e. The molecule has 0 amide bonds. The molecule has 1 aromatic heterocycles. The Morgan fingerprint density at radius 3 is 2.84 bits per heavy atom. The Morgan fingerprint density at radius 2 is 2.16 bits per heavy atom. The van der Waals surface area contributed by atoms with Crippen LogP contribution in [0.15, 0.2) is 17.2 Å². The summed E-state index contributed by atoms with van der Waals surface area (Å²) in [7, 11) is 0. The van der Waals surface area contributed by atoms with Crippen LogP contribution in [0.5, 0.6) is 11.5 Å². The summed E-state index contributed by atoms with van der Waals surface area (Å²) in [6.07, 6.45) is 2.44. The van der Waals surface area contributed by atoms with E-state index in [9.17, 15) is 9.35 Å². The molecule has 9 heteroatoms. The minimum atomic E-state index is -1.43. The molecule has 0 saturated carbocycles. The molecular formula is C16H17ClN2O5S. The Balaban J connectivity index is 1.94. The van der Waals surface area contributed by atoms with Crippen LogP contribution in [0.2, 0.25) is 5.02 Å². The van der Waals surface area contributed by atoms with Crippen molar-refractivity contribution in [3.05, 3.63) is 34.0 Å². The topological polar surface area (TPSA) is 96.5 Å². The molecule has 0 aliphatic carbocycles. The van der Waals surface area contributed by atoms with Crippen molar-refractivity contribution in [2.45, 2.75) is 24.8 Å². The summed E-state index contributed by atoms with van der Waals surface area (Å²) in [6, 6.07) is 3.43. The van der Waals surface area contributed by atoms with Crippen molar-refractivity contribution in [1.29, 1.82) is 0 Å². The zero-order valence-corrected chi connectivity index (χ0v) is 15.3. The van der Waals surface area contributed by atoms with Gasteiger partial charge >= 0.3 is 5.97 Å². The van der Waals surface area contributed by atoms with Gasteiger partial charge in [-0.1, -0.05) is 18.5 Å². The van der Waals surface area contributed by atoms with Gasteiger partial charge in [0.25, 0.3) is 5.03 Å². The lowest BCUT2D eigenvalue weighted by molar-refractivity contribution is 0.0499. The van der Waals surface area contributed by atoms with Gasteiger partial charge in [-0.25, -0.2) is 4.79 Å². The SMILES string of the molecule is CCCOC(=O)c1c([S+](C)[O-])n[nH]c1Cc1cc2c(cc1Cl)OCO2. The van der Waals surface area contributed by atoms with E-state index in [1.54, 1.807) is 12.1 Å². The van der Waals surface area contributed by atoms with E-state index >= 15 is 0 Å². The zero-order valence-electron chi connectivity index (χ0n) is 13.8. The van der Waals surface area contributed by atoms with E-state index in [2.05, 4.69) is 10.2 Å². The number of aromatic nitrogens is 2. The number of H-pyrrole nitrogens is 1. The summed E-state index contributed by atoms with van der Waals surface area (Å²) in [4.78, 5) is 12.4. The monoisotopic (exact) mass is 384 g/mol. The van der Waals surface area contributed by atoms with Crippen molar-refractivity contribution in [2.75, 3.05) is 19.7 Å². The van der Waals surface area contributed by atoms with E-state index < -0.39 is 17.1 Å². The van der Waals surface area contributed by atoms with Crippen LogP contribution >= 0.6 is 11.6 Å². The fourth-order valence-corrected chi connectivity index (χ4v) is 3.35. The van der Waals surface area contributed by atoms with Crippen LogP contribution in [0.3, 0.4) is 0 Å². The number of aromatic amines is 1. The number of benzene rings is 1. The molecule has 0 fully saturated rings. The van der Waals surface area contributed by atoms with E-state index in [1.807, 2.05) is 6.92 Å². The quantitative estimate of drug-likeness (QED) is 0.607. The first kappa shape index (κ1) is 17.9. The maximum atomic E-state index is 12.4. The van der Waals surface area contributed by atoms with Gasteiger partial charge < -0.3 is 18.8 Å². The first-order chi connectivity index (χ1) is 12.0. The highest BCUT2D eigenvalue weighted by molar-refractivity contribution is 7.90. The van der Waals surface area contributed by atoms with Crippen LogP contribution in [0.4, 0.5) is 0 Å². The number of carbonyl (C=O) groups is 1. The number of nitrogens with zero attached hydrogens (tertiary/aromatic N) is 1. The average Bonchev–Trinajstić information content (AvgIpc) is 3.19. The summed E-state index contributed by atoms with van der Waals surface area (Å²) >= 11 is 4.87. The van der Waals surface area contributed by atoms with E-state index in [1.165, 1.54) is 6.26 Å². The molecule has 7 nitrogen and oxygen atoms in total. The largest absolute Gasteiger partial charge is 0.610 e. The van der Waals surface area contributed by atoms with Crippen molar-refractivity contribution >= 4 is 28.7 Å². The molecule has 1 atom stereocenters. The highest BCUT2D eigenvalue weighted by Gasteiger charge is 2.29. The van der Waals surface area contributed by atoms with Crippen LogP contribution in [0.25, 0.3) is 0 Å². The second-order valence-corrected chi connectivity index (χ2v) is 7.15. The van der Waals surface area contributed by atoms with Gasteiger partial charge in [0.1, 0.15) is 6.26 Å². The van der Waals surface area contributed by atoms with Gasteiger partial charge in [0.15, 0.2) is 17.1 Å². The molecule has 0 bridgehead atoms. The van der Waals surface area contributed by atoms with Crippen LogP contribution in [0, 0.1) is 0 Å². The number of halogens is 1. The molecule has 2 aromatic rings. The van der Waals surface area contributed by atoms with E-state index in [4.69, 9.17) is 25.8 Å². The third-order valence-corrected chi connectivity index (χ3v) is 4.82. The molecule has 1 unspecified atom stereocenters. The summed E-state index contributed by atoms with van der Waals surface area (Å²) < 4.78 is 27.7. The predicted octanol–water partition coefficient (Wildman–Crippen LogP) is 2.69. The second kappa shape index (κ2) is 7.55. The fourth-order valence-electron chi connectivity index (χ4n) is 2.46. The Hall–Kier alpha value is -1.90. The van der Waals surface area contributed by atoms with Gasteiger partial charge in [-0.3, -0.25) is 5.10 Å². The molecule has 0 spiro atoms. The highest BCUT2D eigenvalue weighted by Crippen LogP contribution is 2.37. The van der Waals surface area contributed by atoms with Gasteiger partial charge in [0.2, 0.25) is 6.79 Å². The number of nitrogens with one attached hydrogen (secondary N) is 1. The third-order valence-electron chi connectivity index (χ3n) is 3.63. The van der Waals surface area contributed by atoms with Crippen molar-refractivity contribution in [2.24, 2.45) is 0 Å². The molecule has 0 saturated heterocycles. The van der Waals surface area contributed by atoms with Crippen LogP contribution in [-0.2, 0) is 22.3 Å². The van der Waals surface area contributed by atoms with Crippen LogP contribution < -0.4 is 9.47 Å². The molecule has 1 N–H and O–H groups in total. The van der Waals surface area contributed by atoms with E-state index in [0.29, 0.717) is 28.6 Å². The van der Waals surface area contributed by atoms with E-state index in [0.717, 1.165) is 5.56 Å². The fraction of sp³-hybridized carbons (Fsp3) is 0.375. The Labute approximate surface area is 152 Å². The van der Waals surface area contributed by atoms with E-state index in [-0.39, 0.29) is 30.4 Å². The number of hydrogen-bond acceptors (Lipinski definition) is 6. The highest BCUT2D eigenvalue weighted by atomic mass is 35.5. The minimum absolute atomic E-state index is 0.146. The second-order valence-electron chi connectivity index (χ2n) is 5.45. The number of esters is 1. The third kappa shape index (κ3) is 3.70. The first-order valence-corrected chi connectivity index (χ1v) is 9.60. The van der Waals surface area contributed by atoms with Crippen LogP contribution in [-0.4, -0.2) is 40.4 Å². The number of rotatable bonds is 6. The summed E-state index contributed by atoms with van der Waals surface area (Å²) in [5, 5.41) is 7.45. The average molecular weight is 385 g/mol. The van der Waals surface area contributed by atoms with Gasteiger partial charge in [0, 0.05) is 28.7 Å². The lowest BCUT2D eigenvalue weighted by Gasteiger charge is -2.08. The molecule has 1 aromatic carbocycles. The lowest BCUT2D eigenvalue weighted by atomic mass is 10.1. The Morgan fingerprint density at radius 1 is 1.44 bits per heavy atom. The molecule has 134 valence electrons. The van der Waals surface area contributed by atoms with Crippen molar-refractivity contribution in [3.8, 4) is 11.5 Å². The molecule has 0 radical (unpaired) electrons. The summed E-state index contributed by atoms with van der Waals surface area (Å²) in [5.74, 6) is 0.622. The van der Waals surface area contributed by atoms with Crippen molar-refractivity contribution in [3.63, 3.8) is 0 Å². The smallest absolute Gasteiger partial charge is 0.346 e. The molecule has 25 heavy (non-hydrogen) atoms. The zero-order chi connectivity index (χ0) is 18.0. The van der Waals surface area contributed by atoms with Gasteiger partial charge in [0.05, 0.1) is 12.3 Å². The van der Waals surface area contributed by atoms with Gasteiger partial charge in [-0.05, 0) is 18.1 Å². The first-order valence-electron chi connectivity index (χ1n) is 7.67. The predicted molar refractivity (Wildman–Crippen MR) is 91.9 cm³/mol. The molecular weight excluding hydrogens is 368 g/mol. The number of hydrogen-bond donors (Lipinski definition) is 1. The van der Waals surface area contributed by atoms with Crippen molar-refractivity contribution in [1.82, 2.24) is 10.2 Å². The summed E-state index contributed by atoms with van der Waals surface area (Å²) in [5.41, 5.74) is 1.42. The number of carbonyl (C=O) groups excluding carboxylic acids is 1. The maximum absolute atomic E-state index is 12.4. The standard InChI is InChI=1S/C16H17ClN2O5S/c1-3-4-22-16(20)14-11(18-19-15(14)25(2)21)5-9-6-12-13(7-10(9)17)24-8-23-12/h6-7H,3-5,8H2,1-2H3,(H,18,19). The molecule has 1 aliphatic rings. The number of fused-ring (bicyclic) bond motifs is 1. The summed E-state index contributed by atoms with van der Waals surface area (Å²) in [6.45, 7) is 2.32. The Kier molecular flexibility index (Phi) is 5.41. The van der Waals surface area contributed by atoms with Crippen molar-refractivity contribution < 1.29 is 23.6 Å². The maximum Gasteiger partial charge on any atom is 0.346 e. The normalized spacial score (nSPS) is 13.8. The lowest BCUT2D eigenvalue weighted by Crippen LogP contribution is -2.13. The molecule has 3 rings (SSSR count).